The summed E-state index contributed by atoms with van der Waals surface area (Å²) in [6, 6.07) is 14.6. The van der Waals surface area contributed by atoms with Crippen molar-refractivity contribution in [2.75, 3.05) is 6.54 Å². The molecule has 0 saturated carbocycles. The number of nitrogens with two attached hydrogens (primary N) is 1. The zero-order valence-electron chi connectivity index (χ0n) is 11.0. The van der Waals surface area contributed by atoms with Crippen molar-refractivity contribution in [3.63, 3.8) is 0 Å². The van der Waals surface area contributed by atoms with Gasteiger partial charge in [0.1, 0.15) is 0 Å². The molecule has 0 aromatic heterocycles. The molecule has 3 N–H and O–H groups in total. The minimum Gasteiger partial charge on any atom is -0.368 e. The predicted molar refractivity (Wildman–Crippen MR) is 83.5 cm³/mol. The molecule has 6 heteroatoms. The average Bonchev–Trinajstić information content (AvgIpc) is 2.48. The Bertz CT molecular complexity index is 642. The van der Waals surface area contributed by atoms with Gasteiger partial charge >= 0.3 is 0 Å². The van der Waals surface area contributed by atoms with E-state index in [-0.39, 0.29) is 12.5 Å². The van der Waals surface area contributed by atoms with E-state index in [9.17, 15) is 9.59 Å². The Labute approximate surface area is 131 Å². The van der Waals surface area contributed by atoms with E-state index in [2.05, 4.69) is 5.32 Å². The lowest BCUT2D eigenvalue weighted by atomic mass is 10.2. The van der Waals surface area contributed by atoms with Gasteiger partial charge in [0.05, 0.1) is 6.54 Å². The van der Waals surface area contributed by atoms with Crippen LogP contribution in [0.15, 0.2) is 58.3 Å². The molecular formula is C15H13ClN2O2S. The smallest absolute Gasteiger partial charge is 0.251 e. The molecule has 0 radical (unpaired) electrons. The fourth-order valence-corrected chi connectivity index (χ4v) is 2.53. The number of carbonyl (C=O) groups is 2. The van der Waals surface area contributed by atoms with Crippen LogP contribution in [0, 0.1) is 0 Å². The second kappa shape index (κ2) is 7.15. The van der Waals surface area contributed by atoms with Gasteiger partial charge in [-0.1, -0.05) is 23.4 Å². The molecule has 2 rings (SSSR count). The van der Waals surface area contributed by atoms with Gasteiger partial charge in [-0.2, -0.15) is 0 Å². The molecule has 0 aliphatic carbocycles. The molecule has 108 valence electrons. The largest absolute Gasteiger partial charge is 0.368 e. The Morgan fingerprint density at radius 2 is 1.52 bits per heavy atom. The molecule has 0 bridgehead atoms. The summed E-state index contributed by atoms with van der Waals surface area (Å²) in [6.45, 7) is -0.167. The number of carbonyl (C=O) groups excluding carboxylic acids is 2. The van der Waals surface area contributed by atoms with Crippen LogP contribution in [-0.2, 0) is 4.79 Å². The third-order valence-electron chi connectivity index (χ3n) is 2.59. The molecule has 21 heavy (non-hydrogen) atoms. The number of nitrogens with one attached hydrogen (secondary N) is 1. The lowest BCUT2D eigenvalue weighted by Gasteiger charge is -2.05. The number of benzene rings is 2. The summed E-state index contributed by atoms with van der Waals surface area (Å²) in [6.07, 6.45) is 0. The van der Waals surface area contributed by atoms with Crippen molar-refractivity contribution in [3.8, 4) is 0 Å². The maximum atomic E-state index is 11.7. The van der Waals surface area contributed by atoms with Crippen LogP contribution >= 0.6 is 23.4 Å². The standard InChI is InChI=1S/C15H13ClN2O2S/c16-11-3-7-13(8-4-11)21-12-5-1-10(2-6-12)15(20)18-9-14(17)19/h1-8H,9H2,(H2,17,19)(H,18,20). The van der Waals surface area contributed by atoms with E-state index in [0.29, 0.717) is 10.6 Å². The maximum Gasteiger partial charge on any atom is 0.251 e. The number of rotatable bonds is 5. The quantitative estimate of drug-likeness (QED) is 0.889. The molecule has 0 aliphatic rings. The lowest BCUT2D eigenvalue weighted by Crippen LogP contribution is -2.33. The highest BCUT2D eigenvalue weighted by Crippen LogP contribution is 2.28. The first-order chi connectivity index (χ1) is 10.0. The van der Waals surface area contributed by atoms with Crippen LogP contribution < -0.4 is 11.1 Å². The van der Waals surface area contributed by atoms with E-state index in [1.54, 1.807) is 23.9 Å². The van der Waals surface area contributed by atoms with Crippen molar-refractivity contribution >= 4 is 35.2 Å². The zero-order valence-corrected chi connectivity index (χ0v) is 12.6. The number of hydrogen-bond acceptors (Lipinski definition) is 3. The first-order valence-corrected chi connectivity index (χ1v) is 7.34. The molecule has 0 atom stereocenters. The minimum absolute atomic E-state index is 0.167. The summed E-state index contributed by atoms with van der Waals surface area (Å²) in [5.41, 5.74) is 5.46. The van der Waals surface area contributed by atoms with Crippen LogP contribution in [0.4, 0.5) is 0 Å². The van der Waals surface area contributed by atoms with Crippen LogP contribution in [0.3, 0.4) is 0 Å². The first-order valence-electron chi connectivity index (χ1n) is 6.14. The molecule has 2 amide bonds. The van der Waals surface area contributed by atoms with Crippen molar-refractivity contribution in [2.24, 2.45) is 5.73 Å². The first kappa shape index (κ1) is 15.4. The molecule has 0 aliphatic heterocycles. The Balaban J connectivity index is 2.00. The Morgan fingerprint density at radius 3 is 2.05 bits per heavy atom. The van der Waals surface area contributed by atoms with Gasteiger partial charge in [0.15, 0.2) is 0 Å². The fraction of sp³-hybridized carbons (Fsp3) is 0.0667. The summed E-state index contributed by atoms with van der Waals surface area (Å²) >= 11 is 7.41. The third kappa shape index (κ3) is 4.81. The summed E-state index contributed by atoms with van der Waals surface area (Å²) < 4.78 is 0. The monoisotopic (exact) mass is 320 g/mol. The van der Waals surface area contributed by atoms with Gasteiger partial charge in [-0.05, 0) is 48.5 Å². The van der Waals surface area contributed by atoms with Gasteiger partial charge < -0.3 is 11.1 Å². The third-order valence-corrected chi connectivity index (χ3v) is 3.86. The SMILES string of the molecule is NC(=O)CNC(=O)c1ccc(Sc2ccc(Cl)cc2)cc1. The van der Waals surface area contributed by atoms with Crippen molar-refractivity contribution in [2.45, 2.75) is 9.79 Å². The van der Waals surface area contributed by atoms with Gasteiger partial charge in [-0.3, -0.25) is 9.59 Å². The highest BCUT2D eigenvalue weighted by molar-refractivity contribution is 7.99. The van der Waals surface area contributed by atoms with Gasteiger partial charge in [0, 0.05) is 20.4 Å². The van der Waals surface area contributed by atoms with Crippen molar-refractivity contribution in [3.05, 3.63) is 59.1 Å². The summed E-state index contributed by atoms with van der Waals surface area (Å²) in [7, 11) is 0. The number of primary amides is 1. The summed E-state index contributed by atoms with van der Waals surface area (Å²) in [4.78, 5) is 24.4. The molecule has 2 aromatic carbocycles. The maximum absolute atomic E-state index is 11.7. The lowest BCUT2D eigenvalue weighted by molar-refractivity contribution is -0.117. The number of halogens is 1. The Morgan fingerprint density at radius 1 is 1.00 bits per heavy atom. The average molecular weight is 321 g/mol. The molecule has 0 saturated heterocycles. The van der Waals surface area contributed by atoms with Gasteiger partial charge in [-0.15, -0.1) is 0 Å². The minimum atomic E-state index is -0.571. The van der Waals surface area contributed by atoms with Crippen molar-refractivity contribution < 1.29 is 9.59 Å². The summed E-state index contributed by atoms with van der Waals surface area (Å²) in [5, 5.41) is 3.13. The van der Waals surface area contributed by atoms with Crippen LogP contribution in [0.25, 0.3) is 0 Å². The molecule has 0 fully saturated rings. The zero-order chi connectivity index (χ0) is 15.2. The second-order valence-electron chi connectivity index (χ2n) is 4.23. The highest BCUT2D eigenvalue weighted by Gasteiger charge is 2.06. The molecule has 0 heterocycles. The van der Waals surface area contributed by atoms with Crippen LogP contribution in [-0.4, -0.2) is 18.4 Å². The summed E-state index contributed by atoms with van der Waals surface area (Å²) in [5.74, 6) is -0.893. The fourth-order valence-electron chi connectivity index (χ4n) is 1.58. The Kier molecular flexibility index (Phi) is 5.25. The molecular weight excluding hydrogens is 308 g/mol. The Hall–Kier alpha value is -1.98. The molecule has 0 spiro atoms. The van der Waals surface area contributed by atoms with E-state index in [4.69, 9.17) is 17.3 Å². The van der Waals surface area contributed by atoms with Gasteiger partial charge in [0.25, 0.3) is 5.91 Å². The van der Waals surface area contributed by atoms with E-state index in [1.807, 2.05) is 36.4 Å². The normalized spacial score (nSPS) is 10.1. The van der Waals surface area contributed by atoms with Crippen molar-refractivity contribution in [1.29, 1.82) is 0 Å². The van der Waals surface area contributed by atoms with E-state index in [0.717, 1.165) is 9.79 Å². The topological polar surface area (TPSA) is 72.2 Å². The number of amides is 2. The van der Waals surface area contributed by atoms with Gasteiger partial charge in [0.2, 0.25) is 5.91 Å². The molecule has 4 nitrogen and oxygen atoms in total. The van der Waals surface area contributed by atoms with E-state index < -0.39 is 5.91 Å². The molecule has 0 unspecified atom stereocenters. The van der Waals surface area contributed by atoms with Crippen LogP contribution in [0.2, 0.25) is 5.02 Å². The molecule has 2 aromatic rings. The van der Waals surface area contributed by atoms with E-state index in [1.165, 1.54) is 0 Å². The van der Waals surface area contributed by atoms with Gasteiger partial charge in [-0.25, -0.2) is 0 Å². The predicted octanol–water partition coefficient (Wildman–Crippen LogP) is 2.71. The van der Waals surface area contributed by atoms with E-state index >= 15 is 0 Å². The highest BCUT2D eigenvalue weighted by atomic mass is 35.5. The number of hydrogen-bond donors (Lipinski definition) is 2. The van der Waals surface area contributed by atoms with Crippen molar-refractivity contribution in [1.82, 2.24) is 5.32 Å². The second-order valence-corrected chi connectivity index (χ2v) is 5.81. The van der Waals surface area contributed by atoms with Crippen LogP contribution in [0.5, 0.6) is 0 Å². The van der Waals surface area contributed by atoms with Crippen LogP contribution in [0.1, 0.15) is 10.4 Å².